The number of fused-ring (bicyclic) bond motifs is 3. The molecule has 0 spiro atoms. The van der Waals surface area contributed by atoms with E-state index in [2.05, 4.69) is 20.1 Å². The van der Waals surface area contributed by atoms with Gasteiger partial charge in [-0.05, 0) is 57.4 Å². The topological polar surface area (TPSA) is 111 Å². The molecule has 0 saturated carbocycles. The van der Waals surface area contributed by atoms with E-state index in [9.17, 15) is 9.59 Å². The van der Waals surface area contributed by atoms with Crippen molar-refractivity contribution in [1.29, 1.82) is 0 Å². The molecule has 0 unspecified atom stereocenters. The lowest BCUT2D eigenvalue weighted by molar-refractivity contribution is 0.0295. The minimum Gasteiger partial charge on any atom is -0.444 e. The van der Waals surface area contributed by atoms with Gasteiger partial charge in [-0.1, -0.05) is 12.1 Å². The third kappa shape index (κ3) is 5.69. The molecule has 1 fully saturated rings. The molecule has 0 atom stereocenters. The van der Waals surface area contributed by atoms with Gasteiger partial charge in [0.15, 0.2) is 0 Å². The summed E-state index contributed by atoms with van der Waals surface area (Å²) in [5.41, 5.74) is 5.80. The summed E-state index contributed by atoms with van der Waals surface area (Å²) in [6, 6.07) is 10.0. The summed E-state index contributed by atoms with van der Waals surface area (Å²) in [6.07, 6.45) is 9.36. The number of imidazole rings is 1. The van der Waals surface area contributed by atoms with Gasteiger partial charge in [-0.15, -0.1) is 0 Å². The average Bonchev–Trinajstić information content (AvgIpc) is 3.65. The maximum absolute atomic E-state index is 12.0. The molecule has 1 N–H and O–H groups in total. The largest absolute Gasteiger partial charge is 0.444 e. The molecule has 1 aromatic carbocycles. The molecule has 5 aromatic rings. The zero-order valence-corrected chi connectivity index (χ0v) is 22.9. The normalized spacial score (nSPS) is 13.5. The number of hydrogen-bond donors (Lipinski definition) is 1. The van der Waals surface area contributed by atoms with Crippen molar-refractivity contribution in [3.05, 3.63) is 65.6 Å². The Morgan fingerprint density at radius 2 is 1.69 bits per heavy atom. The number of aromatic amines is 1. The van der Waals surface area contributed by atoms with Gasteiger partial charge in [0.05, 0.1) is 34.6 Å². The second kappa shape index (κ2) is 10.4. The molecule has 10 heteroatoms. The van der Waals surface area contributed by atoms with E-state index in [1.165, 1.54) is 0 Å². The summed E-state index contributed by atoms with van der Waals surface area (Å²) in [5, 5.41) is 5.10. The van der Waals surface area contributed by atoms with E-state index in [1.807, 2.05) is 70.5 Å². The van der Waals surface area contributed by atoms with Crippen LogP contribution >= 0.6 is 0 Å². The number of amides is 1. The molecule has 1 saturated heterocycles. The van der Waals surface area contributed by atoms with Crippen molar-refractivity contribution in [2.24, 2.45) is 14.1 Å². The summed E-state index contributed by atoms with van der Waals surface area (Å²) < 4.78 is 8.53. The molecule has 1 aliphatic heterocycles. The molecule has 5 heterocycles. The number of carbonyl (C=O) groups excluding carboxylic acids is 1. The lowest BCUT2D eigenvalue weighted by Gasteiger charge is -2.23. The number of carbonyl (C=O) groups is 1. The highest BCUT2D eigenvalue weighted by atomic mass is 16.6. The highest BCUT2D eigenvalue weighted by molar-refractivity contribution is 6.03. The number of rotatable bonds is 2. The first-order valence-electron chi connectivity index (χ1n) is 13.0. The molecule has 0 aliphatic carbocycles. The van der Waals surface area contributed by atoms with Crippen LogP contribution in [0.2, 0.25) is 0 Å². The number of nitrogens with one attached hydrogen (secondary N) is 1. The Labute approximate surface area is 226 Å². The fraction of sp³-hybridized carbons (Fsp3) is 0.345. The lowest BCUT2D eigenvalue weighted by Crippen LogP contribution is -2.34. The van der Waals surface area contributed by atoms with Crippen LogP contribution in [0.15, 0.2) is 59.9 Å². The smallest absolute Gasteiger partial charge is 0.410 e. The van der Waals surface area contributed by atoms with Crippen molar-refractivity contribution in [3.8, 4) is 22.4 Å². The van der Waals surface area contributed by atoms with Crippen LogP contribution < -0.4 is 5.69 Å². The van der Waals surface area contributed by atoms with Crippen molar-refractivity contribution in [2.45, 2.75) is 39.2 Å². The summed E-state index contributed by atoms with van der Waals surface area (Å²) in [4.78, 5) is 37.1. The molecule has 202 valence electrons. The Kier molecular flexibility index (Phi) is 6.94. The number of nitrogens with zero attached hydrogens (tertiary/aromatic N) is 6. The van der Waals surface area contributed by atoms with Crippen LogP contribution in [0.25, 0.3) is 44.3 Å². The van der Waals surface area contributed by atoms with E-state index in [1.54, 1.807) is 33.6 Å². The first-order valence-corrected chi connectivity index (χ1v) is 13.0. The number of ether oxygens (including phenoxy) is 1. The molecule has 1 amide bonds. The van der Waals surface area contributed by atoms with Crippen LogP contribution in [0.5, 0.6) is 0 Å². The lowest BCUT2D eigenvalue weighted by atomic mass is 10.0. The number of aryl methyl sites for hydroxylation is 2. The monoisotopic (exact) mass is 527 g/mol. The summed E-state index contributed by atoms with van der Waals surface area (Å²) >= 11 is 0. The van der Waals surface area contributed by atoms with E-state index in [0.717, 1.165) is 70.3 Å². The van der Waals surface area contributed by atoms with Crippen molar-refractivity contribution in [2.75, 3.05) is 13.1 Å². The molecule has 4 aromatic heterocycles. The van der Waals surface area contributed by atoms with Gasteiger partial charge >= 0.3 is 11.8 Å². The highest BCUT2D eigenvalue weighted by Crippen LogP contribution is 2.28. The van der Waals surface area contributed by atoms with Crippen LogP contribution in [0.4, 0.5) is 4.79 Å². The van der Waals surface area contributed by atoms with Crippen LogP contribution in [0.3, 0.4) is 0 Å². The summed E-state index contributed by atoms with van der Waals surface area (Å²) in [5.74, 6) is 0. The van der Waals surface area contributed by atoms with E-state index in [0.29, 0.717) is 0 Å². The maximum atomic E-state index is 12.0. The minimum atomic E-state index is -0.361. The molecule has 0 bridgehead atoms. The first kappa shape index (κ1) is 26.1. The minimum absolute atomic E-state index is 0.146. The number of likely N-dealkylation sites (tertiary alicyclic amines) is 1. The molecular formula is C29H33N7O3. The molecule has 0 radical (unpaired) electrons. The van der Waals surface area contributed by atoms with Crippen molar-refractivity contribution in [1.82, 2.24) is 34.2 Å². The van der Waals surface area contributed by atoms with Gasteiger partial charge in [0.25, 0.3) is 0 Å². The van der Waals surface area contributed by atoms with Gasteiger partial charge in [-0.2, -0.15) is 5.10 Å². The van der Waals surface area contributed by atoms with Crippen molar-refractivity contribution < 1.29 is 9.53 Å². The predicted molar refractivity (Wildman–Crippen MR) is 151 cm³/mol. The number of H-pyrrole nitrogens is 1. The van der Waals surface area contributed by atoms with Gasteiger partial charge in [0.1, 0.15) is 5.60 Å². The third-order valence-electron chi connectivity index (χ3n) is 6.60. The second-order valence-corrected chi connectivity index (χ2v) is 10.7. The van der Waals surface area contributed by atoms with E-state index in [-0.39, 0.29) is 17.4 Å². The Morgan fingerprint density at radius 1 is 0.949 bits per heavy atom. The van der Waals surface area contributed by atoms with Crippen molar-refractivity contribution in [3.63, 3.8) is 0 Å². The summed E-state index contributed by atoms with van der Waals surface area (Å²) in [6.45, 7) is 7.38. The Balaban J connectivity index is 0.000000217. The predicted octanol–water partition coefficient (Wildman–Crippen LogP) is 4.89. The average molecular weight is 528 g/mol. The fourth-order valence-corrected chi connectivity index (χ4v) is 4.56. The van der Waals surface area contributed by atoms with Gasteiger partial charge in [0.2, 0.25) is 0 Å². The van der Waals surface area contributed by atoms with Gasteiger partial charge < -0.3 is 14.6 Å². The fourth-order valence-electron chi connectivity index (χ4n) is 4.56. The van der Waals surface area contributed by atoms with E-state index >= 15 is 0 Å². The van der Waals surface area contributed by atoms with Crippen LogP contribution in [0.1, 0.15) is 33.6 Å². The number of hydrogen-bond acceptors (Lipinski definition) is 6. The zero-order chi connectivity index (χ0) is 27.7. The van der Waals surface area contributed by atoms with E-state index < -0.39 is 0 Å². The van der Waals surface area contributed by atoms with E-state index in [4.69, 9.17) is 4.74 Å². The van der Waals surface area contributed by atoms with Gasteiger partial charge in [-0.3, -0.25) is 19.2 Å². The van der Waals surface area contributed by atoms with Gasteiger partial charge in [0, 0.05) is 56.1 Å². The van der Waals surface area contributed by atoms with Crippen LogP contribution in [-0.2, 0) is 18.8 Å². The van der Waals surface area contributed by atoms with Gasteiger partial charge in [-0.25, -0.2) is 9.59 Å². The zero-order valence-electron chi connectivity index (χ0n) is 22.9. The second-order valence-electron chi connectivity index (χ2n) is 10.7. The van der Waals surface area contributed by atoms with Crippen molar-refractivity contribution >= 4 is 28.0 Å². The molecule has 1 aliphatic rings. The number of pyridine rings is 2. The Morgan fingerprint density at radius 3 is 2.33 bits per heavy atom. The quantitative estimate of drug-likeness (QED) is 0.350. The maximum Gasteiger partial charge on any atom is 0.410 e. The van der Waals surface area contributed by atoms with Crippen LogP contribution in [0, 0.1) is 0 Å². The Bertz CT molecular complexity index is 1680. The molecule has 39 heavy (non-hydrogen) atoms. The third-order valence-corrected chi connectivity index (χ3v) is 6.60. The molecule has 10 nitrogen and oxygen atoms in total. The standard InChI is InChI=1S/C20H16N6O.C9H17NO2/c1-25-11-14(9-23-25)16-5-4-13(8-21-16)12-3-6-17-15(7-12)19-18(10-22-17)26(2)20(27)24-19;1-9(2,3)12-8(11)10-6-4-5-7-10/h3-11H,1-2H3,(H,24,27);4-7H2,1-3H3. The Hall–Kier alpha value is -4.47. The van der Waals surface area contributed by atoms with Crippen LogP contribution in [-0.4, -0.2) is 59.0 Å². The molecular weight excluding hydrogens is 494 g/mol. The highest BCUT2D eigenvalue weighted by Gasteiger charge is 2.24. The SMILES string of the molecule is CC(C)(C)OC(=O)N1CCCC1.Cn1cc(-c2ccc(-c3ccc4ncc5c([nH]c(=O)n5C)c4c3)cn2)cn1. The first-order chi connectivity index (χ1) is 18.6. The molecule has 6 rings (SSSR count). The summed E-state index contributed by atoms with van der Waals surface area (Å²) in [7, 11) is 3.62. The number of benzene rings is 1. The number of aromatic nitrogens is 6.